The molecule has 24 heavy (non-hydrogen) atoms. The Hall–Kier alpha value is -1.37. The molecule has 0 bridgehead atoms. The van der Waals surface area contributed by atoms with Gasteiger partial charge in [0, 0.05) is 0 Å². The van der Waals surface area contributed by atoms with Gasteiger partial charge < -0.3 is 9.47 Å². The molecular formula is C18H18Br2N2O2. The standard InChI is InChI=1S/C18H18Br2N2O2/c19-16-10-15(12-21-22-6-8-23-9-7-22)11-17(20)18(16)24-13-14-4-2-1-3-5-14/h1-5,10-12H,6-9,13H2/b21-12+. The van der Waals surface area contributed by atoms with Crippen LogP contribution in [0, 0.1) is 0 Å². The summed E-state index contributed by atoms with van der Waals surface area (Å²) >= 11 is 7.17. The van der Waals surface area contributed by atoms with Gasteiger partial charge in [-0.25, -0.2) is 0 Å². The number of ether oxygens (including phenoxy) is 2. The predicted molar refractivity (Wildman–Crippen MR) is 103 cm³/mol. The zero-order valence-corrected chi connectivity index (χ0v) is 16.3. The van der Waals surface area contributed by atoms with Crippen molar-refractivity contribution in [3.05, 3.63) is 62.5 Å². The third kappa shape index (κ3) is 4.82. The van der Waals surface area contributed by atoms with Gasteiger partial charge in [-0.1, -0.05) is 30.3 Å². The average Bonchev–Trinajstić information content (AvgIpc) is 2.61. The van der Waals surface area contributed by atoms with Crippen LogP contribution >= 0.6 is 31.9 Å². The van der Waals surface area contributed by atoms with E-state index in [1.54, 1.807) is 0 Å². The highest BCUT2D eigenvalue weighted by Crippen LogP contribution is 2.35. The Morgan fingerprint density at radius 1 is 1.08 bits per heavy atom. The highest BCUT2D eigenvalue weighted by atomic mass is 79.9. The molecule has 3 rings (SSSR count). The van der Waals surface area contributed by atoms with Gasteiger partial charge in [0.1, 0.15) is 12.4 Å². The van der Waals surface area contributed by atoms with E-state index in [9.17, 15) is 0 Å². The van der Waals surface area contributed by atoms with Gasteiger partial charge in [0.15, 0.2) is 0 Å². The van der Waals surface area contributed by atoms with E-state index in [0.717, 1.165) is 52.1 Å². The first-order valence-corrected chi connectivity index (χ1v) is 9.33. The fourth-order valence-electron chi connectivity index (χ4n) is 2.34. The molecule has 1 aliphatic heterocycles. The first kappa shape index (κ1) is 17.5. The number of halogens is 2. The molecule has 1 saturated heterocycles. The molecule has 0 amide bonds. The lowest BCUT2D eigenvalue weighted by atomic mass is 10.2. The molecule has 0 unspecified atom stereocenters. The number of hydrazone groups is 1. The van der Waals surface area contributed by atoms with E-state index in [1.165, 1.54) is 0 Å². The summed E-state index contributed by atoms with van der Waals surface area (Å²) < 4.78 is 13.1. The predicted octanol–water partition coefficient (Wildman–Crippen LogP) is 4.46. The van der Waals surface area contributed by atoms with E-state index in [4.69, 9.17) is 9.47 Å². The van der Waals surface area contributed by atoms with Crippen molar-refractivity contribution in [2.75, 3.05) is 26.3 Å². The van der Waals surface area contributed by atoms with E-state index >= 15 is 0 Å². The lowest BCUT2D eigenvalue weighted by molar-refractivity contribution is 0.0397. The third-order valence-electron chi connectivity index (χ3n) is 3.60. The van der Waals surface area contributed by atoms with Crippen LogP contribution in [0.3, 0.4) is 0 Å². The molecule has 4 nitrogen and oxygen atoms in total. The summed E-state index contributed by atoms with van der Waals surface area (Å²) in [6.07, 6.45) is 1.86. The van der Waals surface area contributed by atoms with Crippen molar-refractivity contribution in [3.63, 3.8) is 0 Å². The molecule has 1 heterocycles. The first-order chi connectivity index (χ1) is 11.7. The summed E-state index contributed by atoms with van der Waals surface area (Å²) in [5.41, 5.74) is 2.14. The second-order valence-corrected chi connectivity index (χ2v) is 7.11. The monoisotopic (exact) mass is 452 g/mol. The van der Waals surface area contributed by atoms with Crippen LogP contribution in [0.25, 0.3) is 0 Å². The van der Waals surface area contributed by atoms with Crippen LogP contribution in [0.15, 0.2) is 56.5 Å². The van der Waals surface area contributed by atoms with Crippen molar-refractivity contribution in [1.29, 1.82) is 0 Å². The normalized spacial score (nSPS) is 15.0. The number of morpholine rings is 1. The Morgan fingerprint density at radius 3 is 2.42 bits per heavy atom. The van der Waals surface area contributed by atoms with Gasteiger partial charge in [-0.3, -0.25) is 5.01 Å². The van der Waals surface area contributed by atoms with E-state index in [0.29, 0.717) is 6.61 Å². The van der Waals surface area contributed by atoms with E-state index in [1.807, 2.05) is 53.7 Å². The molecule has 0 aromatic heterocycles. The summed E-state index contributed by atoms with van der Waals surface area (Å²) in [7, 11) is 0. The van der Waals surface area contributed by atoms with Gasteiger partial charge in [0.2, 0.25) is 0 Å². The molecule has 1 aliphatic rings. The van der Waals surface area contributed by atoms with Crippen LogP contribution in [0.2, 0.25) is 0 Å². The smallest absolute Gasteiger partial charge is 0.148 e. The third-order valence-corrected chi connectivity index (χ3v) is 4.78. The minimum Gasteiger partial charge on any atom is -0.487 e. The molecule has 1 fully saturated rings. The molecule has 0 aliphatic carbocycles. The van der Waals surface area contributed by atoms with Crippen molar-refractivity contribution < 1.29 is 9.47 Å². The molecule has 2 aromatic carbocycles. The summed E-state index contributed by atoms with van der Waals surface area (Å²) in [6, 6.07) is 14.1. The minimum absolute atomic E-state index is 0.527. The lowest BCUT2D eigenvalue weighted by Gasteiger charge is -2.23. The largest absolute Gasteiger partial charge is 0.487 e. The summed E-state index contributed by atoms with van der Waals surface area (Å²) in [4.78, 5) is 0. The Balaban J connectivity index is 1.67. The Labute approximate surface area is 158 Å². The maximum atomic E-state index is 5.94. The SMILES string of the molecule is Brc1cc(/C=N/N2CCOCC2)cc(Br)c1OCc1ccccc1. The molecule has 0 atom stereocenters. The molecule has 0 saturated carbocycles. The summed E-state index contributed by atoms with van der Waals surface area (Å²) in [5.74, 6) is 0.794. The summed E-state index contributed by atoms with van der Waals surface area (Å²) in [5, 5.41) is 6.52. The van der Waals surface area contributed by atoms with Gasteiger partial charge in [-0.2, -0.15) is 5.10 Å². The van der Waals surface area contributed by atoms with Crippen molar-refractivity contribution in [2.24, 2.45) is 5.10 Å². The molecule has 2 aromatic rings. The lowest BCUT2D eigenvalue weighted by Crippen LogP contribution is -2.32. The first-order valence-electron chi connectivity index (χ1n) is 7.75. The van der Waals surface area contributed by atoms with Crippen molar-refractivity contribution in [2.45, 2.75) is 6.61 Å². The highest BCUT2D eigenvalue weighted by Gasteiger charge is 2.10. The van der Waals surface area contributed by atoms with Gasteiger partial charge in [-0.15, -0.1) is 0 Å². The van der Waals surface area contributed by atoms with Crippen molar-refractivity contribution in [3.8, 4) is 5.75 Å². The fraction of sp³-hybridized carbons (Fsp3) is 0.278. The van der Waals surface area contributed by atoms with Crippen LogP contribution in [-0.4, -0.2) is 37.5 Å². The number of hydrogen-bond donors (Lipinski definition) is 0. The number of nitrogens with zero attached hydrogens (tertiary/aromatic N) is 2. The maximum Gasteiger partial charge on any atom is 0.148 e. The van der Waals surface area contributed by atoms with Crippen molar-refractivity contribution in [1.82, 2.24) is 5.01 Å². The second-order valence-electron chi connectivity index (χ2n) is 5.40. The van der Waals surface area contributed by atoms with E-state index in [2.05, 4.69) is 37.0 Å². The summed E-state index contributed by atoms with van der Waals surface area (Å²) in [6.45, 7) is 3.65. The number of benzene rings is 2. The molecule has 0 radical (unpaired) electrons. The average molecular weight is 454 g/mol. The molecule has 6 heteroatoms. The number of rotatable bonds is 5. The minimum atomic E-state index is 0.527. The Kier molecular flexibility index (Phi) is 6.29. The second kappa shape index (κ2) is 8.65. The van der Waals surface area contributed by atoms with Gasteiger partial charge >= 0.3 is 0 Å². The quantitative estimate of drug-likeness (QED) is 0.627. The highest BCUT2D eigenvalue weighted by molar-refractivity contribution is 9.11. The molecule has 0 N–H and O–H groups in total. The number of hydrogen-bond acceptors (Lipinski definition) is 4. The van der Waals surface area contributed by atoms with Crippen LogP contribution in [0.1, 0.15) is 11.1 Å². The van der Waals surface area contributed by atoms with Crippen LogP contribution in [-0.2, 0) is 11.3 Å². The van der Waals surface area contributed by atoms with Crippen LogP contribution in [0.5, 0.6) is 5.75 Å². The molecule has 0 spiro atoms. The van der Waals surface area contributed by atoms with Crippen LogP contribution in [0.4, 0.5) is 0 Å². The Morgan fingerprint density at radius 2 is 1.75 bits per heavy atom. The maximum absolute atomic E-state index is 5.94. The van der Waals surface area contributed by atoms with Crippen molar-refractivity contribution >= 4 is 38.1 Å². The molecular weight excluding hydrogens is 436 g/mol. The fourth-order valence-corrected chi connectivity index (χ4v) is 3.79. The van der Waals surface area contributed by atoms with Gasteiger partial charge in [0.05, 0.1) is 41.5 Å². The van der Waals surface area contributed by atoms with Gasteiger partial charge in [0.25, 0.3) is 0 Å². The Bertz CT molecular complexity index is 678. The molecule has 126 valence electrons. The van der Waals surface area contributed by atoms with E-state index in [-0.39, 0.29) is 0 Å². The van der Waals surface area contributed by atoms with Crippen LogP contribution < -0.4 is 4.74 Å². The zero-order chi connectivity index (χ0) is 16.8. The zero-order valence-electron chi connectivity index (χ0n) is 13.1. The van der Waals surface area contributed by atoms with Gasteiger partial charge in [-0.05, 0) is 55.1 Å². The van der Waals surface area contributed by atoms with E-state index < -0.39 is 0 Å². The topological polar surface area (TPSA) is 34.1 Å².